The molecule has 6 heteroatoms. The molecule has 1 unspecified atom stereocenters. The van der Waals surface area contributed by atoms with Crippen molar-refractivity contribution in [2.45, 2.75) is 18.9 Å². The molecule has 4 nitrogen and oxygen atoms in total. The number of hydrogen-bond acceptors (Lipinski definition) is 3. The van der Waals surface area contributed by atoms with Gasteiger partial charge in [0.25, 0.3) is 0 Å². The number of benzene rings is 1. The Morgan fingerprint density at radius 1 is 1.32 bits per heavy atom. The predicted octanol–water partition coefficient (Wildman–Crippen LogP) is 2.66. The van der Waals surface area contributed by atoms with Gasteiger partial charge >= 0.3 is 0 Å². The van der Waals surface area contributed by atoms with Gasteiger partial charge in [0.15, 0.2) is 0 Å². The number of carbonyl (C=O) groups excluding carboxylic acids is 1. The highest BCUT2D eigenvalue weighted by Gasteiger charge is 2.15. The Bertz CT molecular complexity index is 637. The number of pyridine rings is 1. The van der Waals surface area contributed by atoms with Crippen LogP contribution in [0.3, 0.4) is 0 Å². The van der Waals surface area contributed by atoms with Gasteiger partial charge in [-0.3, -0.25) is 9.78 Å². The molecular weight excluding hydrogens is 307 g/mol. The maximum atomic E-state index is 13.5. The van der Waals surface area contributed by atoms with Gasteiger partial charge in [-0.05, 0) is 41.8 Å². The summed E-state index contributed by atoms with van der Waals surface area (Å²) in [5.41, 5.74) is 1.48. The first-order valence-electron chi connectivity index (χ1n) is 6.84. The van der Waals surface area contributed by atoms with Crippen LogP contribution in [0, 0.1) is 5.82 Å². The van der Waals surface area contributed by atoms with E-state index in [1.807, 2.05) is 12.1 Å². The number of aryl methyl sites for hydroxylation is 1. The van der Waals surface area contributed by atoms with Crippen LogP contribution in [0.5, 0.6) is 0 Å². The summed E-state index contributed by atoms with van der Waals surface area (Å²) in [6.07, 6.45) is 4.18. The van der Waals surface area contributed by atoms with E-state index in [-0.39, 0.29) is 24.0 Å². The highest BCUT2D eigenvalue weighted by Crippen LogP contribution is 2.20. The predicted molar refractivity (Wildman–Crippen MR) is 81.9 cm³/mol. The van der Waals surface area contributed by atoms with Gasteiger partial charge in [-0.1, -0.05) is 17.7 Å². The van der Waals surface area contributed by atoms with Crippen molar-refractivity contribution in [1.29, 1.82) is 0 Å². The zero-order chi connectivity index (χ0) is 15.9. The first kappa shape index (κ1) is 16.4. The van der Waals surface area contributed by atoms with E-state index in [0.717, 1.165) is 5.56 Å². The molecule has 1 atom stereocenters. The molecule has 0 saturated heterocycles. The molecule has 2 rings (SSSR count). The largest absolute Gasteiger partial charge is 0.394 e. The number of hydrogen-bond donors (Lipinski definition) is 2. The van der Waals surface area contributed by atoms with Crippen LogP contribution in [0.1, 0.15) is 23.6 Å². The Morgan fingerprint density at radius 3 is 2.68 bits per heavy atom. The van der Waals surface area contributed by atoms with Gasteiger partial charge in [-0.15, -0.1) is 0 Å². The highest BCUT2D eigenvalue weighted by molar-refractivity contribution is 6.30. The summed E-state index contributed by atoms with van der Waals surface area (Å²) >= 11 is 5.62. The van der Waals surface area contributed by atoms with Gasteiger partial charge in [0, 0.05) is 18.8 Å². The molecule has 1 amide bonds. The standard InChI is InChI=1S/C16H16ClFN2O2/c17-13-3-2-12(9-14(13)18)15(10-21)20-16(22)4-1-11-5-7-19-8-6-11/h2-3,5-9,15,21H,1,4,10H2,(H,20,22). The third-order valence-corrected chi connectivity index (χ3v) is 3.56. The minimum Gasteiger partial charge on any atom is -0.394 e. The first-order chi connectivity index (χ1) is 10.6. The van der Waals surface area contributed by atoms with E-state index in [1.165, 1.54) is 12.1 Å². The molecule has 1 aromatic heterocycles. The molecule has 2 N–H and O–H groups in total. The zero-order valence-electron chi connectivity index (χ0n) is 11.8. The number of nitrogens with zero attached hydrogens (tertiary/aromatic N) is 1. The van der Waals surface area contributed by atoms with Crippen molar-refractivity contribution >= 4 is 17.5 Å². The van der Waals surface area contributed by atoms with Gasteiger partial charge in [-0.2, -0.15) is 0 Å². The van der Waals surface area contributed by atoms with Crippen molar-refractivity contribution in [3.63, 3.8) is 0 Å². The summed E-state index contributed by atoms with van der Waals surface area (Å²) in [7, 11) is 0. The second kappa shape index (κ2) is 7.87. The van der Waals surface area contributed by atoms with Gasteiger partial charge < -0.3 is 10.4 Å². The van der Waals surface area contributed by atoms with Crippen molar-refractivity contribution in [2.24, 2.45) is 0 Å². The van der Waals surface area contributed by atoms with Crippen LogP contribution in [0.15, 0.2) is 42.7 Å². The van der Waals surface area contributed by atoms with E-state index < -0.39 is 11.9 Å². The van der Waals surface area contributed by atoms with Gasteiger partial charge in [0.1, 0.15) is 5.82 Å². The van der Waals surface area contributed by atoms with E-state index in [1.54, 1.807) is 18.5 Å². The lowest BCUT2D eigenvalue weighted by Gasteiger charge is -2.17. The summed E-state index contributed by atoms with van der Waals surface area (Å²) in [5, 5.41) is 12.1. The number of aliphatic hydroxyl groups excluding tert-OH is 1. The van der Waals surface area contributed by atoms with Crippen molar-refractivity contribution in [2.75, 3.05) is 6.61 Å². The van der Waals surface area contributed by atoms with Crippen LogP contribution in [0.25, 0.3) is 0 Å². The van der Waals surface area contributed by atoms with E-state index in [2.05, 4.69) is 10.3 Å². The minimum atomic E-state index is -0.656. The summed E-state index contributed by atoms with van der Waals surface area (Å²) in [4.78, 5) is 15.9. The Balaban J connectivity index is 1.94. The molecule has 1 heterocycles. The fourth-order valence-electron chi connectivity index (χ4n) is 2.04. The first-order valence-corrected chi connectivity index (χ1v) is 7.22. The number of rotatable bonds is 6. The van der Waals surface area contributed by atoms with Crippen LogP contribution in [0.4, 0.5) is 4.39 Å². The van der Waals surface area contributed by atoms with Gasteiger partial charge in [0.2, 0.25) is 5.91 Å². The molecule has 0 saturated carbocycles. The van der Waals surface area contributed by atoms with Gasteiger partial charge in [-0.25, -0.2) is 4.39 Å². The van der Waals surface area contributed by atoms with E-state index in [0.29, 0.717) is 12.0 Å². The molecule has 0 aliphatic carbocycles. The third kappa shape index (κ3) is 4.51. The summed E-state index contributed by atoms with van der Waals surface area (Å²) < 4.78 is 13.5. The topological polar surface area (TPSA) is 62.2 Å². The number of nitrogens with one attached hydrogen (secondary N) is 1. The molecule has 2 aromatic rings. The van der Waals surface area contributed by atoms with Crippen LogP contribution < -0.4 is 5.32 Å². The lowest BCUT2D eigenvalue weighted by Crippen LogP contribution is -2.31. The average molecular weight is 323 g/mol. The Kier molecular flexibility index (Phi) is 5.86. The molecule has 1 aromatic carbocycles. The lowest BCUT2D eigenvalue weighted by atomic mass is 10.1. The minimum absolute atomic E-state index is 0.00412. The van der Waals surface area contributed by atoms with Crippen molar-refractivity contribution in [3.8, 4) is 0 Å². The van der Waals surface area contributed by atoms with Crippen molar-refractivity contribution in [3.05, 3.63) is 64.7 Å². The molecule has 0 spiro atoms. The quantitative estimate of drug-likeness (QED) is 0.859. The maximum absolute atomic E-state index is 13.5. The lowest BCUT2D eigenvalue weighted by molar-refractivity contribution is -0.122. The zero-order valence-corrected chi connectivity index (χ0v) is 12.6. The smallest absolute Gasteiger partial charge is 0.220 e. The van der Waals surface area contributed by atoms with Crippen LogP contribution in [-0.4, -0.2) is 22.6 Å². The normalized spacial score (nSPS) is 12.0. The molecular formula is C16H16ClFN2O2. The molecule has 116 valence electrons. The van der Waals surface area contributed by atoms with E-state index >= 15 is 0 Å². The third-order valence-electron chi connectivity index (χ3n) is 3.25. The number of aromatic nitrogens is 1. The molecule has 0 bridgehead atoms. The molecule has 0 aliphatic heterocycles. The Morgan fingerprint density at radius 2 is 2.05 bits per heavy atom. The monoisotopic (exact) mass is 322 g/mol. The highest BCUT2D eigenvalue weighted by atomic mass is 35.5. The van der Waals surface area contributed by atoms with Crippen molar-refractivity contribution < 1.29 is 14.3 Å². The average Bonchev–Trinajstić information content (AvgIpc) is 2.54. The fraction of sp³-hybridized carbons (Fsp3) is 0.250. The second-order valence-corrected chi connectivity index (χ2v) is 5.24. The van der Waals surface area contributed by atoms with Crippen LogP contribution >= 0.6 is 11.6 Å². The second-order valence-electron chi connectivity index (χ2n) is 4.83. The number of aliphatic hydroxyl groups is 1. The summed E-state index contributed by atoms with van der Waals surface area (Å²) in [6, 6.07) is 7.22. The van der Waals surface area contributed by atoms with E-state index in [4.69, 9.17) is 11.6 Å². The molecule has 0 fully saturated rings. The fourth-order valence-corrected chi connectivity index (χ4v) is 2.15. The summed E-state index contributed by atoms with van der Waals surface area (Å²) in [6.45, 7) is -0.317. The van der Waals surface area contributed by atoms with Crippen molar-refractivity contribution in [1.82, 2.24) is 10.3 Å². The SMILES string of the molecule is O=C(CCc1ccncc1)NC(CO)c1ccc(Cl)c(F)c1. The maximum Gasteiger partial charge on any atom is 0.220 e. The number of halogens is 2. The van der Waals surface area contributed by atoms with E-state index in [9.17, 15) is 14.3 Å². The molecule has 22 heavy (non-hydrogen) atoms. The molecule has 0 radical (unpaired) electrons. The molecule has 0 aliphatic rings. The van der Waals surface area contributed by atoms with Crippen LogP contribution in [0.2, 0.25) is 5.02 Å². The van der Waals surface area contributed by atoms with Gasteiger partial charge in [0.05, 0.1) is 17.7 Å². The Hall–Kier alpha value is -1.98. The number of amides is 1. The summed E-state index contributed by atoms with van der Waals surface area (Å²) in [5.74, 6) is -0.796. The number of carbonyl (C=O) groups is 1. The van der Waals surface area contributed by atoms with Crippen LogP contribution in [-0.2, 0) is 11.2 Å². The Labute approximate surface area is 133 Å².